The van der Waals surface area contributed by atoms with Crippen LogP contribution in [-0.4, -0.2) is 40.9 Å². The summed E-state index contributed by atoms with van der Waals surface area (Å²) in [6.07, 6.45) is 0.815. The number of nitrogens with one attached hydrogen (secondary N) is 1. The number of rotatable bonds is 7. The van der Waals surface area contributed by atoms with Gasteiger partial charge in [0.05, 0.1) is 17.6 Å². The van der Waals surface area contributed by atoms with Gasteiger partial charge < -0.3 is 15.0 Å². The molecule has 0 aliphatic carbocycles. The van der Waals surface area contributed by atoms with Gasteiger partial charge in [0.1, 0.15) is 11.6 Å². The molecule has 7 heteroatoms. The van der Waals surface area contributed by atoms with E-state index in [0.29, 0.717) is 25.4 Å². The van der Waals surface area contributed by atoms with Crippen molar-refractivity contribution in [1.29, 1.82) is 0 Å². The van der Waals surface area contributed by atoms with E-state index in [9.17, 15) is 14.0 Å². The van der Waals surface area contributed by atoms with Gasteiger partial charge in [0.15, 0.2) is 0 Å². The van der Waals surface area contributed by atoms with Gasteiger partial charge in [-0.3, -0.25) is 9.59 Å². The van der Waals surface area contributed by atoms with E-state index in [4.69, 9.17) is 4.74 Å². The van der Waals surface area contributed by atoms with E-state index in [1.165, 1.54) is 41.6 Å². The third-order valence-electron chi connectivity index (χ3n) is 4.75. The van der Waals surface area contributed by atoms with Crippen molar-refractivity contribution in [1.82, 2.24) is 4.90 Å². The summed E-state index contributed by atoms with van der Waals surface area (Å²) < 4.78 is 18.5. The third kappa shape index (κ3) is 5.73. The zero-order valence-electron chi connectivity index (χ0n) is 16.6. The molecule has 1 atom stereocenters. The van der Waals surface area contributed by atoms with Gasteiger partial charge in [0.25, 0.3) is 0 Å². The van der Waals surface area contributed by atoms with Crippen LogP contribution in [0.25, 0.3) is 0 Å². The fourth-order valence-corrected chi connectivity index (χ4v) is 4.00. The Hall–Kier alpha value is -2.54. The molecule has 2 aromatic rings. The van der Waals surface area contributed by atoms with Crippen molar-refractivity contribution in [3.63, 3.8) is 0 Å². The molecule has 0 saturated carbocycles. The minimum atomic E-state index is -0.354. The number of carbonyl (C=O) groups excluding carboxylic acids is 2. The van der Waals surface area contributed by atoms with Crippen LogP contribution in [0.5, 0.6) is 5.75 Å². The van der Waals surface area contributed by atoms with E-state index < -0.39 is 0 Å². The lowest BCUT2D eigenvalue weighted by atomic mass is 9.99. The summed E-state index contributed by atoms with van der Waals surface area (Å²) in [4.78, 5) is 26.8. The number of ether oxygens (including phenoxy) is 1. The van der Waals surface area contributed by atoms with Gasteiger partial charge in [0.2, 0.25) is 11.8 Å². The largest absolute Gasteiger partial charge is 0.494 e. The molecule has 3 rings (SSSR count). The molecular formula is C22H25FN2O3S. The summed E-state index contributed by atoms with van der Waals surface area (Å²) in [7, 11) is 0. The van der Waals surface area contributed by atoms with E-state index in [1.807, 2.05) is 30.9 Å². The molecule has 2 amide bonds. The first kappa shape index (κ1) is 21.2. The lowest BCUT2D eigenvalue weighted by Gasteiger charge is -2.31. The minimum absolute atomic E-state index is 0.0250. The summed E-state index contributed by atoms with van der Waals surface area (Å²) in [6.45, 7) is 5.61. The molecule has 1 unspecified atom stereocenters. The Bertz CT molecular complexity index is 873. The zero-order valence-corrected chi connectivity index (χ0v) is 17.4. The molecule has 0 fully saturated rings. The SMILES string of the molecule is CCOc1ccc2c(c1)CN(C(=O)C(C)SCC(=O)Nc1ccc(F)cc1)CC2. The summed E-state index contributed by atoms with van der Waals surface area (Å²) in [6, 6.07) is 11.6. The van der Waals surface area contributed by atoms with Crippen molar-refractivity contribution < 1.29 is 18.7 Å². The van der Waals surface area contributed by atoms with Crippen molar-refractivity contribution in [2.45, 2.75) is 32.1 Å². The Balaban J connectivity index is 1.51. The summed E-state index contributed by atoms with van der Waals surface area (Å²) in [5, 5.41) is 2.38. The van der Waals surface area contributed by atoms with Crippen LogP contribution in [0.1, 0.15) is 25.0 Å². The maximum atomic E-state index is 12.9. The van der Waals surface area contributed by atoms with Crippen molar-refractivity contribution in [3.8, 4) is 5.75 Å². The molecule has 29 heavy (non-hydrogen) atoms. The summed E-state index contributed by atoms with van der Waals surface area (Å²) in [5.74, 6) is 0.431. The van der Waals surface area contributed by atoms with Gasteiger partial charge in [-0.15, -0.1) is 11.8 Å². The average molecular weight is 417 g/mol. The van der Waals surface area contributed by atoms with Crippen molar-refractivity contribution >= 4 is 29.3 Å². The second-order valence-electron chi connectivity index (χ2n) is 6.88. The monoisotopic (exact) mass is 416 g/mol. The van der Waals surface area contributed by atoms with E-state index in [0.717, 1.165) is 17.7 Å². The predicted octanol–water partition coefficient (Wildman–Crippen LogP) is 3.87. The maximum Gasteiger partial charge on any atom is 0.235 e. The molecule has 1 N–H and O–H groups in total. The first-order valence-corrected chi connectivity index (χ1v) is 10.7. The summed E-state index contributed by atoms with van der Waals surface area (Å²) in [5.41, 5.74) is 2.90. The second kappa shape index (κ2) is 9.78. The Morgan fingerprint density at radius 2 is 1.97 bits per heavy atom. The highest BCUT2D eigenvalue weighted by Crippen LogP contribution is 2.26. The van der Waals surface area contributed by atoms with Crippen molar-refractivity contribution in [3.05, 3.63) is 59.4 Å². The highest BCUT2D eigenvalue weighted by molar-refractivity contribution is 8.01. The fraction of sp³-hybridized carbons (Fsp3) is 0.364. The first-order valence-electron chi connectivity index (χ1n) is 9.66. The number of halogens is 1. The number of fused-ring (bicyclic) bond motifs is 1. The molecule has 0 saturated heterocycles. The summed E-state index contributed by atoms with van der Waals surface area (Å²) >= 11 is 1.30. The van der Waals surface area contributed by atoms with E-state index in [2.05, 4.69) is 11.4 Å². The number of anilines is 1. The standard InChI is InChI=1S/C22H25FN2O3S/c1-3-28-20-9-4-16-10-11-25(13-17(16)12-20)22(27)15(2)29-14-21(26)24-19-7-5-18(23)6-8-19/h4-9,12,15H,3,10-11,13-14H2,1-2H3,(H,24,26). The van der Waals surface area contributed by atoms with Gasteiger partial charge in [-0.1, -0.05) is 6.07 Å². The van der Waals surface area contributed by atoms with Crippen LogP contribution < -0.4 is 10.1 Å². The number of hydrogen-bond donors (Lipinski definition) is 1. The topological polar surface area (TPSA) is 58.6 Å². The molecule has 1 aliphatic rings. The highest BCUT2D eigenvalue weighted by atomic mass is 32.2. The lowest BCUT2D eigenvalue weighted by molar-refractivity contribution is -0.131. The van der Waals surface area contributed by atoms with Crippen LogP contribution in [0.2, 0.25) is 0 Å². The Labute approximate surface area is 174 Å². The average Bonchev–Trinajstić information content (AvgIpc) is 2.73. The minimum Gasteiger partial charge on any atom is -0.494 e. The molecule has 154 valence electrons. The number of benzene rings is 2. The predicted molar refractivity (Wildman–Crippen MR) is 114 cm³/mol. The molecule has 0 radical (unpaired) electrons. The Kier molecular flexibility index (Phi) is 7.14. The van der Waals surface area contributed by atoms with Gasteiger partial charge in [-0.25, -0.2) is 4.39 Å². The molecule has 0 bridgehead atoms. The van der Waals surface area contributed by atoms with Crippen LogP contribution in [0.15, 0.2) is 42.5 Å². The number of nitrogens with zero attached hydrogens (tertiary/aromatic N) is 1. The van der Waals surface area contributed by atoms with E-state index >= 15 is 0 Å². The molecule has 0 spiro atoms. The normalized spacial score (nSPS) is 14.1. The molecule has 1 aliphatic heterocycles. The quantitative estimate of drug-likeness (QED) is 0.744. The molecule has 0 aromatic heterocycles. The van der Waals surface area contributed by atoms with Gasteiger partial charge in [-0.05, 0) is 67.8 Å². The van der Waals surface area contributed by atoms with Gasteiger partial charge in [0, 0.05) is 18.8 Å². The zero-order chi connectivity index (χ0) is 20.8. The van der Waals surface area contributed by atoms with E-state index in [-0.39, 0.29) is 28.6 Å². The van der Waals surface area contributed by atoms with Gasteiger partial charge in [-0.2, -0.15) is 0 Å². The molecule has 5 nitrogen and oxygen atoms in total. The number of hydrogen-bond acceptors (Lipinski definition) is 4. The third-order valence-corrected chi connectivity index (χ3v) is 5.88. The maximum absolute atomic E-state index is 12.9. The lowest BCUT2D eigenvalue weighted by Crippen LogP contribution is -2.40. The van der Waals surface area contributed by atoms with Crippen molar-refractivity contribution in [2.75, 3.05) is 24.2 Å². The van der Waals surface area contributed by atoms with Crippen LogP contribution in [-0.2, 0) is 22.6 Å². The number of amides is 2. The van der Waals surface area contributed by atoms with Crippen LogP contribution in [0.3, 0.4) is 0 Å². The molecular weight excluding hydrogens is 391 g/mol. The smallest absolute Gasteiger partial charge is 0.235 e. The molecule has 2 aromatic carbocycles. The van der Waals surface area contributed by atoms with Crippen LogP contribution in [0, 0.1) is 5.82 Å². The Morgan fingerprint density at radius 1 is 1.21 bits per heavy atom. The second-order valence-corrected chi connectivity index (χ2v) is 8.21. The number of carbonyl (C=O) groups is 2. The fourth-order valence-electron chi connectivity index (χ4n) is 3.24. The highest BCUT2D eigenvalue weighted by Gasteiger charge is 2.25. The van der Waals surface area contributed by atoms with Crippen molar-refractivity contribution in [2.24, 2.45) is 0 Å². The van der Waals surface area contributed by atoms with Crippen LogP contribution in [0.4, 0.5) is 10.1 Å². The first-order chi connectivity index (χ1) is 14.0. The number of thioether (sulfide) groups is 1. The Morgan fingerprint density at radius 3 is 2.69 bits per heavy atom. The van der Waals surface area contributed by atoms with Crippen LogP contribution >= 0.6 is 11.8 Å². The molecule has 1 heterocycles. The van der Waals surface area contributed by atoms with Gasteiger partial charge >= 0.3 is 0 Å². The van der Waals surface area contributed by atoms with E-state index in [1.54, 1.807) is 0 Å².